The van der Waals surface area contributed by atoms with Crippen molar-refractivity contribution in [2.75, 3.05) is 6.54 Å². The quantitative estimate of drug-likeness (QED) is 0.878. The minimum absolute atomic E-state index is 0.0876. The lowest BCUT2D eigenvalue weighted by molar-refractivity contribution is -0.141. The minimum Gasteiger partial charge on any atom is -0.481 e. The molecule has 4 nitrogen and oxygen atoms in total. The van der Waals surface area contributed by atoms with Crippen LogP contribution < -0.4 is 5.32 Å². The average molecular weight is 310 g/mol. The van der Waals surface area contributed by atoms with E-state index in [0.717, 1.165) is 31.2 Å². The fraction of sp³-hybridized carbons (Fsp3) is 0.500. The monoisotopic (exact) mass is 309 g/mol. The molecule has 1 aromatic rings. The topological polar surface area (TPSA) is 66.4 Å². The predicted octanol–water partition coefficient (Wildman–Crippen LogP) is 2.99. The van der Waals surface area contributed by atoms with E-state index in [1.54, 1.807) is 13.0 Å². The molecular formula is C16H20ClNO3. The largest absolute Gasteiger partial charge is 0.481 e. The molecule has 2 rings (SSSR count). The molecule has 114 valence electrons. The second-order valence-corrected chi connectivity index (χ2v) is 6.19. The van der Waals surface area contributed by atoms with Gasteiger partial charge in [-0.25, -0.2) is 0 Å². The maximum atomic E-state index is 12.7. The van der Waals surface area contributed by atoms with Gasteiger partial charge in [-0.2, -0.15) is 0 Å². The summed E-state index contributed by atoms with van der Waals surface area (Å²) in [6.45, 7) is 1.74. The van der Waals surface area contributed by atoms with Gasteiger partial charge in [0.05, 0.1) is 11.3 Å². The van der Waals surface area contributed by atoms with E-state index in [1.807, 2.05) is 18.2 Å². The highest BCUT2D eigenvalue weighted by Crippen LogP contribution is 2.42. The molecule has 1 aromatic carbocycles. The van der Waals surface area contributed by atoms with Gasteiger partial charge in [-0.3, -0.25) is 9.59 Å². The van der Waals surface area contributed by atoms with Crippen molar-refractivity contribution < 1.29 is 14.7 Å². The van der Waals surface area contributed by atoms with Gasteiger partial charge in [0.1, 0.15) is 0 Å². The summed E-state index contributed by atoms with van der Waals surface area (Å²) in [5.74, 6) is -1.58. The summed E-state index contributed by atoms with van der Waals surface area (Å²) in [6, 6.07) is 7.41. The normalized spacial score (nSPS) is 18.2. The number of halogens is 1. The second kappa shape index (κ2) is 6.48. The van der Waals surface area contributed by atoms with Crippen LogP contribution in [0.5, 0.6) is 0 Å². The Balaban J connectivity index is 2.18. The van der Waals surface area contributed by atoms with Crippen molar-refractivity contribution in [1.82, 2.24) is 5.32 Å². The smallest absolute Gasteiger partial charge is 0.308 e. The number of hydrogen-bond acceptors (Lipinski definition) is 2. The van der Waals surface area contributed by atoms with Crippen molar-refractivity contribution >= 4 is 23.5 Å². The minimum atomic E-state index is -0.904. The molecule has 2 N–H and O–H groups in total. The first kappa shape index (κ1) is 15.8. The number of benzene rings is 1. The highest BCUT2D eigenvalue weighted by Gasteiger charge is 2.42. The number of carboxylic acid groups (broad SMARTS) is 1. The lowest BCUT2D eigenvalue weighted by Gasteiger charge is -2.29. The summed E-state index contributed by atoms with van der Waals surface area (Å²) >= 11 is 6.05. The maximum absolute atomic E-state index is 12.7. The Kier molecular flexibility index (Phi) is 4.88. The van der Waals surface area contributed by atoms with Gasteiger partial charge in [0, 0.05) is 11.6 Å². The van der Waals surface area contributed by atoms with Gasteiger partial charge in [-0.15, -0.1) is 0 Å². The second-order valence-electron chi connectivity index (χ2n) is 5.75. The Bertz CT molecular complexity index is 538. The molecule has 0 heterocycles. The van der Waals surface area contributed by atoms with E-state index in [4.69, 9.17) is 16.7 Å². The molecule has 5 heteroatoms. The third kappa shape index (κ3) is 3.38. The molecule has 0 bridgehead atoms. The molecule has 21 heavy (non-hydrogen) atoms. The van der Waals surface area contributed by atoms with E-state index >= 15 is 0 Å². The third-order valence-corrected chi connectivity index (χ3v) is 4.49. The zero-order valence-electron chi connectivity index (χ0n) is 12.1. The van der Waals surface area contributed by atoms with Crippen molar-refractivity contribution in [3.8, 4) is 0 Å². The fourth-order valence-corrected chi connectivity index (χ4v) is 3.10. The number of amides is 1. The van der Waals surface area contributed by atoms with E-state index in [-0.39, 0.29) is 12.5 Å². The van der Waals surface area contributed by atoms with Crippen LogP contribution in [0.1, 0.15) is 38.2 Å². The summed E-state index contributed by atoms with van der Waals surface area (Å²) < 4.78 is 0. The number of carbonyl (C=O) groups is 2. The predicted molar refractivity (Wildman–Crippen MR) is 81.4 cm³/mol. The number of nitrogens with one attached hydrogen (secondary N) is 1. The number of aliphatic carboxylic acids is 1. The molecule has 1 amide bonds. The zero-order valence-corrected chi connectivity index (χ0v) is 12.8. The van der Waals surface area contributed by atoms with Gasteiger partial charge in [0.2, 0.25) is 5.91 Å². The first-order valence-electron chi connectivity index (χ1n) is 7.23. The van der Waals surface area contributed by atoms with Gasteiger partial charge < -0.3 is 10.4 Å². The van der Waals surface area contributed by atoms with Gasteiger partial charge in [-0.1, -0.05) is 43.5 Å². The summed E-state index contributed by atoms with van der Waals surface area (Å²) in [4.78, 5) is 23.5. The maximum Gasteiger partial charge on any atom is 0.308 e. The van der Waals surface area contributed by atoms with E-state index < -0.39 is 17.3 Å². The number of carbonyl (C=O) groups excluding carboxylic acids is 1. The molecule has 1 saturated carbocycles. The Hall–Kier alpha value is -1.55. The van der Waals surface area contributed by atoms with Crippen molar-refractivity contribution in [2.24, 2.45) is 5.92 Å². The number of rotatable bonds is 5. The van der Waals surface area contributed by atoms with Crippen LogP contribution in [0.25, 0.3) is 0 Å². The van der Waals surface area contributed by atoms with Crippen LogP contribution in [-0.2, 0) is 15.0 Å². The number of hydrogen-bond donors (Lipinski definition) is 2. The van der Waals surface area contributed by atoms with Gasteiger partial charge >= 0.3 is 5.97 Å². The highest BCUT2D eigenvalue weighted by atomic mass is 35.5. The molecule has 1 aliphatic rings. The lowest BCUT2D eigenvalue weighted by Crippen LogP contribution is -2.44. The van der Waals surface area contributed by atoms with E-state index in [9.17, 15) is 9.59 Å². The molecule has 0 aliphatic heterocycles. The van der Waals surface area contributed by atoms with Crippen LogP contribution in [-0.4, -0.2) is 23.5 Å². The van der Waals surface area contributed by atoms with E-state index in [1.165, 1.54) is 0 Å². The first-order chi connectivity index (χ1) is 9.95. The number of carboxylic acids is 1. The Morgan fingerprint density at radius 2 is 2.05 bits per heavy atom. The summed E-state index contributed by atoms with van der Waals surface area (Å²) in [6.07, 6.45) is 3.55. The molecule has 0 radical (unpaired) electrons. The van der Waals surface area contributed by atoms with Crippen molar-refractivity contribution in [1.29, 1.82) is 0 Å². The molecule has 1 aliphatic carbocycles. The Morgan fingerprint density at radius 1 is 1.38 bits per heavy atom. The van der Waals surface area contributed by atoms with Crippen molar-refractivity contribution in [3.63, 3.8) is 0 Å². The van der Waals surface area contributed by atoms with Gasteiger partial charge in [0.25, 0.3) is 0 Å². The highest BCUT2D eigenvalue weighted by molar-refractivity contribution is 6.30. The van der Waals surface area contributed by atoms with Gasteiger partial charge in [0.15, 0.2) is 0 Å². The van der Waals surface area contributed by atoms with Gasteiger partial charge in [-0.05, 0) is 30.5 Å². The van der Waals surface area contributed by atoms with Crippen LogP contribution in [0.15, 0.2) is 24.3 Å². The van der Waals surface area contributed by atoms with E-state index in [2.05, 4.69) is 5.32 Å². The van der Waals surface area contributed by atoms with Crippen LogP contribution in [0.3, 0.4) is 0 Å². The summed E-state index contributed by atoms with van der Waals surface area (Å²) in [5.41, 5.74) is 0.358. The van der Waals surface area contributed by atoms with Crippen molar-refractivity contribution in [3.05, 3.63) is 34.9 Å². The molecule has 1 unspecified atom stereocenters. The lowest BCUT2D eigenvalue weighted by atomic mass is 9.78. The molecule has 1 atom stereocenters. The summed E-state index contributed by atoms with van der Waals surface area (Å²) in [7, 11) is 0. The SMILES string of the molecule is CC(CNC(=O)C1(c2cccc(Cl)c2)CCCC1)C(=O)O. The molecule has 0 spiro atoms. The molecular weight excluding hydrogens is 290 g/mol. The molecule has 0 saturated heterocycles. The van der Waals surface area contributed by atoms with Crippen LogP contribution >= 0.6 is 11.6 Å². The third-order valence-electron chi connectivity index (χ3n) is 4.26. The van der Waals surface area contributed by atoms with Crippen molar-refractivity contribution in [2.45, 2.75) is 38.0 Å². The average Bonchev–Trinajstić information content (AvgIpc) is 2.95. The Morgan fingerprint density at radius 3 is 2.62 bits per heavy atom. The first-order valence-corrected chi connectivity index (χ1v) is 7.61. The Labute approximate surface area is 129 Å². The summed E-state index contributed by atoms with van der Waals surface area (Å²) in [5, 5.41) is 12.3. The standard InChI is InChI=1S/C16H20ClNO3/c1-11(14(19)20)10-18-15(21)16(7-2-3-8-16)12-5-4-6-13(17)9-12/h4-6,9,11H,2-3,7-8,10H2,1H3,(H,18,21)(H,19,20). The van der Waals surface area contributed by atoms with Crippen LogP contribution in [0.2, 0.25) is 5.02 Å². The van der Waals surface area contributed by atoms with Crippen LogP contribution in [0, 0.1) is 5.92 Å². The fourth-order valence-electron chi connectivity index (χ4n) is 2.91. The molecule has 0 aromatic heterocycles. The molecule has 1 fully saturated rings. The van der Waals surface area contributed by atoms with E-state index in [0.29, 0.717) is 5.02 Å². The zero-order chi connectivity index (χ0) is 15.5. The van der Waals surface area contributed by atoms with Crippen LogP contribution in [0.4, 0.5) is 0 Å².